The molecule has 0 amide bonds. The third-order valence-corrected chi connectivity index (χ3v) is 3.77. The summed E-state index contributed by atoms with van der Waals surface area (Å²) in [7, 11) is 0. The highest BCUT2D eigenvalue weighted by molar-refractivity contribution is 5.48. The van der Waals surface area contributed by atoms with Crippen LogP contribution in [0.2, 0.25) is 0 Å². The van der Waals surface area contributed by atoms with E-state index in [1.807, 2.05) is 6.92 Å². The minimum Gasteiger partial charge on any atom is -0.369 e. The van der Waals surface area contributed by atoms with Crippen LogP contribution in [0.3, 0.4) is 0 Å². The highest BCUT2D eigenvalue weighted by Gasteiger charge is 2.26. The van der Waals surface area contributed by atoms with Gasteiger partial charge in [-0.3, -0.25) is 10.1 Å². The van der Waals surface area contributed by atoms with Gasteiger partial charge < -0.3 is 10.6 Å². The van der Waals surface area contributed by atoms with E-state index in [2.05, 4.69) is 22.5 Å². The Labute approximate surface area is 112 Å². The summed E-state index contributed by atoms with van der Waals surface area (Å²) in [4.78, 5) is 14.4. The van der Waals surface area contributed by atoms with Crippen LogP contribution in [0.15, 0.2) is 12.3 Å². The normalized spacial score (nSPS) is 18.0. The zero-order valence-corrected chi connectivity index (χ0v) is 11.4. The average Bonchev–Trinajstić information content (AvgIpc) is 2.38. The molecular formula is C13H20N4O2. The Bertz CT molecular complexity index is 470. The van der Waals surface area contributed by atoms with Gasteiger partial charge in [0.05, 0.1) is 4.92 Å². The van der Waals surface area contributed by atoms with Crippen LogP contribution in [0.1, 0.15) is 25.3 Å². The second kappa shape index (κ2) is 5.52. The summed E-state index contributed by atoms with van der Waals surface area (Å²) in [5, 5.41) is 17.3. The minimum atomic E-state index is -0.419. The molecule has 0 unspecified atom stereocenters. The minimum absolute atomic E-state index is 0.0381. The Balaban J connectivity index is 2.01. The van der Waals surface area contributed by atoms with Crippen molar-refractivity contribution >= 4 is 11.5 Å². The smallest absolute Gasteiger partial charge is 0.287 e. The lowest BCUT2D eigenvalue weighted by molar-refractivity contribution is -0.385. The SMILES string of the molecule is Cc1cc([N+](=O)[O-])cnc1NCC1(C)CCNCC1. The number of piperidine rings is 1. The van der Waals surface area contributed by atoms with Crippen molar-refractivity contribution in [1.29, 1.82) is 0 Å². The van der Waals surface area contributed by atoms with Crippen LogP contribution in [-0.2, 0) is 0 Å². The molecule has 19 heavy (non-hydrogen) atoms. The number of rotatable bonds is 4. The first-order valence-electron chi connectivity index (χ1n) is 6.56. The molecule has 1 aromatic rings. The van der Waals surface area contributed by atoms with E-state index in [1.165, 1.54) is 6.20 Å². The number of hydrogen-bond acceptors (Lipinski definition) is 5. The van der Waals surface area contributed by atoms with Crippen LogP contribution in [0.5, 0.6) is 0 Å². The van der Waals surface area contributed by atoms with Crippen molar-refractivity contribution in [2.75, 3.05) is 25.0 Å². The monoisotopic (exact) mass is 264 g/mol. The summed E-state index contributed by atoms with van der Waals surface area (Å²) in [6.07, 6.45) is 3.57. The topological polar surface area (TPSA) is 80.1 Å². The fraction of sp³-hybridized carbons (Fsp3) is 0.615. The van der Waals surface area contributed by atoms with E-state index in [4.69, 9.17) is 0 Å². The molecule has 2 heterocycles. The maximum absolute atomic E-state index is 10.7. The van der Waals surface area contributed by atoms with Crippen molar-refractivity contribution in [3.8, 4) is 0 Å². The molecule has 1 fully saturated rings. The third-order valence-electron chi connectivity index (χ3n) is 3.77. The van der Waals surface area contributed by atoms with Gasteiger partial charge in [-0.15, -0.1) is 0 Å². The van der Waals surface area contributed by atoms with Crippen molar-refractivity contribution < 1.29 is 4.92 Å². The van der Waals surface area contributed by atoms with Crippen molar-refractivity contribution in [2.45, 2.75) is 26.7 Å². The van der Waals surface area contributed by atoms with Gasteiger partial charge in [0.2, 0.25) is 0 Å². The largest absolute Gasteiger partial charge is 0.369 e. The number of nitrogens with one attached hydrogen (secondary N) is 2. The van der Waals surface area contributed by atoms with Gasteiger partial charge in [0.25, 0.3) is 5.69 Å². The summed E-state index contributed by atoms with van der Waals surface area (Å²) in [6, 6.07) is 1.56. The first-order valence-corrected chi connectivity index (χ1v) is 6.56. The van der Waals surface area contributed by atoms with E-state index >= 15 is 0 Å². The maximum atomic E-state index is 10.7. The van der Waals surface area contributed by atoms with Gasteiger partial charge in [0.15, 0.2) is 0 Å². The van der Waals surface area contributed by atoms with E-state index < -0.39 is 4.92 Å². The fourth-order valence-corrected chi connectivity index (χ4v) is 2.35. The molecule has 1 saturated heterocycles. The molecule has 0 aromatic carbocycles. The Hall–Kier alpha value is -1.69. The molecule has 0 spiro atoms. The van der Waals surface area contributed by atoms with Gasteiger partial charge in [-0.05, 0) is 43.8 Å². The second-order valence-electron chi connectivity index (χ2n) is 5.53. The maximum Gasteiger partial charge on any atom is 0.287 e. The van der Waals surface area contributed by atoms with Crippen LogP contribution in [0.25, 0.3) is 0 Å². The highest BCUT2D eigenvalue weighted by Crippen LogP contribution is 2.28. The van der Waals surface area contributed by atoms with E-state index in [0.717, 1.165) is 43.9 Å². The van der Waals surface area contributed by atoms with Crippen molar-refractivity contribution in [3.05, 3.63) is 27.9 Å². The Morgan fingerprint density at radius 1 is 1.53 bits per heavy atom. The van der Waals surface area contributed by atoms with E-state index in [1.54, 1.807) is 6.07 Å². The van der Waals surface area contributed by atoms with E-state index in [-0.39, 0.29) is 11.1 Å². The molecule has 104 valence electrons. The van der Waals surface area contributed by atoms with Gasteiger partial charge in [-0.2, -0.15) is 0 Å². The molecule has 6 heteroatoms. The van der Waals surface area contributed by atoms with Crippen LogP contribution in [0.4, 0.5) is 11.5 Å². The summed E-state index contributed by atoms with van der Waals surface area (Å²) in [6.45, 7) is 7.05. The fourth-order valence-electron chi connectivity index (χ4n) is 2.35. The van der Waals surface area contributed by atoms with Crippen LogP contribution < -0.4 is 10.6 Å². The zero-order valence-electron chi connectivity index (χ0n) is 11.4. The molecule has 1 aromatic heterocycles. The number of anilines is 1. The molecule has 6 nitrogen and oxygen atoms in total. The van der Waals surface area contributed by atoms with Crippen molar-refractivity contribution in [2.24, 2.45) is 5.41 Å². The molecule has 2 N–H and O–H groups in total. The summed E-state index contributed by atoms with van der Waals surface area (Å²) >= 11 is 0. The van der Waals surface area contributed by atoms with Gasteiger partial charge in [-0.25, -0.2) is 4.98 Å². The van der Waals surface area contributed by atoms with Crippen molar-refractivity contribution in [3.63, 3.8) is 0 Å². The van der Waals surface area contributed by atoms with Gasteiger partial charge in [0, 0.05) is 12.6 Å². The number of pyridine rings is 1. The standard InChI is InChI=1S/C13H20N4O2/c1-10-7-11(17(18)19)8-15-12(10)16-9-13(2)3-5-14-6-4-13/h7-8,14H,3-6,9H2,1-2H3,(H,15,16). The Kier molecular flexibility index (Phi) is 3.99. The van der Waals surface area contributed by atoms with Gasteiger partial charge in [0.1, 0.15) is 12.0 Å². The van der Waals surface area contributed by atoms with Crippen LogP contribution >= 0.6 is 0 Å². The zero-order chi connectivity index (χ0) is 13.9. The Morgan fingerprint density at radius 3 is 2.79 bits per heavy atom. The van der Waals surface area contributed by atoms with E-state index in [0.29, 0.717) is 0 Å². The third kappa shape index (κ3) is 3.41. The predicted octanol–water partition coefficient (Wildman–Crippen LogP) is 2.10. The number of hydrogen-bond donors (Lipinski definition) is 2. The van der Waals surface area contributed by atoms with Gasteiger partial charge in [-0.1, -0.05) is 6.92 Å². The van der Waals surface area contributed by atoms with Crippen LogP contribution in [0, 0.1) is 22.5 Å². The summed E-state index contributed by atoms with van der Waals surface area (Å²) < 4.78 is 0. The lowest BCUT2D eigenvalue weighted by atomic mass is 9.81. The lowest BCUT2D eigenvalue weighted by Crippen LogP contribution is -2.39. The quantitative estimate of drug-likeness (QED) is 0.643. The molecule has 1 aliphatic heterocycles. The molecule has 0 bridgehead atoms. The number of aryl methyl sites for hydroxylation is 1. The highest BCUT2D eigenvalue weighted by atomic mass is 16.6. The lowest BCUT2D eigenvalue weighted by Gasteiger charge is -2.34. The average molecular weight is 264 g/mol. The molecule has 0 saturated carbocycles. The van der Waals surface area contributed by atoms with Crippen molar-refractivity contribution in [1.82, 2.24) is 10.3 Å². The molecule has 0 aliphatic carbocycles. The Morgan fingerprint density at radius 2 is 2.21 bits per heavy atom. The molecule has 1 aliphatic rings. The summed E-state index contributed by atoms with van der Waals surface area (Å²) in [5.74, 6) is 0.741. The molecule has 0 atom stereocenters. The first-order chi connectivity index (χ1) is 9.00. The van der Waals surface area contributed by atoms with Gasteiger partial charge >= 0.3 is 0 Å². The first kappa shape index (κ1) is 13.7. The predicted molar refractivity (Wildman–Crippen MR) is 74.3 cm³/mol. The molecule has 0 radical (unpaired) electrons. The molecule has 2 rings (SSSR count). The van der Waals surface area contributed by atoms with Crippen LogP contribution in [-0.4, -0.2) is 29.5 Å². The number of aromatic nitrogens is 1. The number of nitrogens with zero attached hydrogens (tertiary/aromatic N) is 2. The molecular weight excluding hydrogens is 244 g/mol. The second-order valence-corrected chi connectivity index (χ2v) is 5.53. The van der Waals surface area contributed by atoms with E-state index in [9.17, 15) is 10.1 Å². The number of nitro groups is 1. The summed E-state index contributed by atoms with van der Waals surface area (Å²) in [5.41, 5.74) is 1.11.